The lowest BCUT2D eigenvalue weighted by atomic mass is 9.83. The minimum atomic E-state index is 1.13. The van der Waals surface area contributed by atoms with Crippen molar-refractivity contribution in [2.45, 2.75) is 6.92 Å². The van der Waals surface area contributed by atoms with Crippen molar-refractivity contribution < 1.29 is 0 Å². The molecule has 0 atom stereocenters. The van der Waals surface area contributed by atoms with E-state index in [2.05, 4.69) is 206 Å². The summed E-state index contributed by atoms with van der Waals surface area (Å²) in [4.78, 5) is 0. The predicted octanol–water partition coefficient (Wildman–Crippen LogP) is 14.5. The lowest BCUT2D eigenvalue weighted by Gasteiger charge is -2.22. The molecule has 0 saturated heterocycles. The molecule has 0 aliphatic carbocycles. The molecule has 0 spiro atoms. The van der Waals surface area contributed by atoms with Gasteiger partial charge in [0.05, 0.1) is 11.2 Å². The minimum absolute atomic E-state index is 1.13. The molecular formula is C53H37N. The molecule has 9 aromatic carbocycles. The molecule has 0 saturated carbocycles. The molecule has 254 valence electrons. The Labute approximate surface area is 315 Å². The molecule has 0 radical (unpaired) electrons. The Morgan fingerprint density at radius 3 is 1.46 bits per heavy atom. The molecule has 1 heterocycles. The van der Waals surface area contributed by atoms with Gasteiger partial charge in [-0.2, -0.15) is 0 Å². The number of benzene rings is 9. The summed E-state index contributed by atoms with van der Waals surface area (Å²) in [6.07, 6.45) is 4.18. The van der Waals surface area contributed by atoms with Crippen molar-refractivity contribution in [1.29, 1.82) is 0 Å². The minimum Gasteiger partial charge on any atom is -0.309 e. The van der Waals surface area contributed by atoms with Crippen LogP contribution < -0.4 is 0 Å². The Hall–Kier alpha value is -6.96. The van der Waals surface area contributed by atoms with Crippen LogP contribution in [0.25, 0.3) is 87.5 Å². The Kier molecular flexibility index (Phi) is 7.59. The Morgan fingerprint density at radius 2 is 0.889 bits per heavy atom. The van der Waals surface area contributed by atoms with E-state index in [1.165, 1.54) is 93.1 Å². The molecule has 0 fully saturated rings. The third-order valence-corrected chi connectivity index (χ3v) is 11.2. The first-order chi connectivity index (χ1) is 26.7. The smallest absolute Gasteiger partial charge is 0.0576 e. The number of aromatic nitrogens is 1. The van der Waals surface area contributed by atoms with Gasteiger partial charge < -0.3 is 4.57 Å². The van der Waals surface area contributed by atoms with Crippen molar-refractivity contribution in [3.05, 3.63) is 218 Å². The molecule has 1 heteroatoms. The first-order valence-corrected chi connectivity index (χ1v) is 18.6. The molecule has 54 heavy (non-hydrogen) atoms. The normalized spacial score (nSPS) is 12.0. The van der Waals surface area contributed by atoms with E-state index >= 15 is 0 Å². The highest BCUT2D eigenvalue weighted by Crippen LogP contribution is 2.46. The van der Waals surface area contributed by atoms with Crippen LogP contribution in [-0.2, 0) is 0 Å². The Bertz CT molecular complexity index is 2970. The summed E-state index contributed by atoms with van der Waals surface area (Å²) in [7, 11) is 0. The van der Waals surface area contributed by atoms with E-state index in [4.69, 9.17) is 0 Å². The largest absolute Gasteiger partial charge is 0.309 e. The SMILES string of the molecule is C=C/C=C(/c1c2cccc(-c3cccc4ccccc34)c2cc2c(-c3cccc4ccccc34)cccc12)c1c(C)c2ccccc2n1-c1ccccc1. The quantitative estimate of drug-likeness (QED) is 0.121. The number of allylic oxidation sites excluding steroid dienone is 2. The zero-order valence-electron chi connectivity index (χ0n) is 30.1. The summed E-state index contributed by atoms with van der Waals surface area (Å²) in [5.74, 6) is 0. The van der Waals surface area contributed by atoms with Gasteiger partial charge in [0.15, 0.2) is 0 Å². The fourth-order valence-electron chi connectivity index (χ4n) is 8.81. The van der Waals surface area contributed by atoms with E-state index in [-0.39, 0.29) is 0 Å². The molecule has 10 rings (SSSR count). The summed E-state index contributed by atoms with van der Waals surface area (Å²) in [5, 5.41) is 11.1. The predicted molar refractivity (Wildman–Crippen MR) is 233 cm³/mol. The van der Waals surface area contributed by atoms with E-state index in [1.807, 2.05) is 6.08 Å². The molecule has 0 amide bonds. The maximum absolute atomic E-state index is 4.31. The molecule has 0 bridgehead atoms. The van der Waals surface area contributed by atoms with Gasteiger partial charge in [0.1, 0.15) is 0 Å². The summed E-state index contributed by atoms with van der Waals surface area (Å²) >= 11 is 0. The van der Waals surface area contributed by atoms with Crippen molar-refractivity contribution in [2.75, 3.05) is 0 Å². The van der Waals surface area contributed by atoms with Gasteiger partial charge in [0.2, 0.25) is 0 Å². The second-order valence-corrected chi connectivity index (χ2v) is 14.1. The van der Waals surface area contributed by atoms with Gasteiger partial charge in [-0.1, -0.05) is 176 Å². The van der Waals surface area contributed by atoms with Crippen LogP contribution >= 0.6 is 0 Å². The fourth-order valence-corrected chi connectivity index (χ4v) is 8.81. The van der Waals surface area contributed by atoms with Crippen LogP contribution in [0.15, 0.2) is 201 Å². The lowest BCUT2D eigenvalue weighted by molar-refractivity contribution is 1.09. The van der Waals surface area contributed by atoms with Crippen molar-refractivity contribution in [1.82, 2.24) is 4.57 Å². The first kappa shape index (κ1) is 31.7. The summed E-state index contributed by atoms with van der Waals surface area (Å²) in [6, 6.07) is 66.4. The van der Waals surface area contributed by atoms with Crippen LogP contribution in [0.5, 0.6) is 0 Å². The Morgan fingerprint density at radius 1 is 0.444 bits per heavy atom. The molecule has 0 N–H and O–H groups in total. The highest BCUT2D eigenvalue weighted by atomic mass is 15.0. The molecule has 1 nitrogen and oxygen atoms in total. The molecule has 10 aromatic rings. The zero-order valence-corrected chi connectivity index (χ0v) is 30.1. The maximum Gasteiger partial charge on any atom is 0.0576 e. The molecule has 0 aliphatic heterocycles. The highest BCUT2D eigenvalue weighted by Gasteiger charge is 2.24. The van der Waals surface area contributed by atoms with Gasteiger partial charge in [-0.15, -0.1) is 0 Å². The van der Waals surface area contributed by atoms with E-state index in [1.54, 1.807) is 0 Å². The second kappa shape index (κ2) is 12.9. The van der Waals surface area contributed by atoms with Crippen molar-refractivity contribution >= 4 is 59.6 Å². The zero-order chi connectivity index (χ0) is 36.2. The van der Waals surface area contributed by atoms with Crippen LogP contribution in [0.4, 0.5) is 0 Å². The van der Waals surface area contributed by atoms with Gasteiger partial charge in [-0.05, 0) is 108 Å². The van der Waals surface area contributed by atoms with Gasteiger partial charge in [-0.3, -0.25) is 0 Å². The number of hydrogen-bond acceptors (Lipinski definition) is 0. The fraction of sp³-hybridized carbons (Fsp3) is 0.0189. The van der Waals surface area contributed by atoms with E-state index in [0.29, 0.717) is 0 Å². The number of para-hydroxylation sites is 2. The van der Waals surface area contributed by atoms with Crippen LogP contribution in [0.1, 0.15) is 16.8 Å². The van der Waals surface area contributed by atoms with Crippen molar-refractivity contribution in [2.24, 2.45) is 0 Å². The van der Waals surface area contributed by atoms with E-state index < -0.39 is 0 Å². The number of aryl methyl sites for hydroxylation is 1. The van der Waals surface area contributed by atoms with Crippen molar-refractivity contribution in [3.63, 3.8) is 0 Å². The van der Waals surface area contributed by atoms with Crippen molar-refractivity contribution in [3.8, 4) is 27.9 Å². The van der Waals surface area contributed by atoms with Crippen LogP contribution in [0.3, 0.4) is 0 Å². The Balaban J connectivity index is 1.39. The number of nitrogens with zero attached hydrogens (tertiary/aromatic N) is 1. The highest BCUT2D eigenvalue weighted by molar-refractivity contribution is 6.20. The third kappa shape index (κ3) is 4.94. The van der Waals surface area contributed by atoms with Gasteiger partial charge in [0.25, 0.3) is 0 Å². The van der Waals surface area contributed by atoms with Crippen LogP contribution in [0, 0.1) is 6.92 Å². The maximum atomic E-state index is 4.31. The van der Waals surface area contributed by atoms with Gasteiger partial charge >= 0.3 is 0 Å². The molecular weight excluding hydrogens is 651 g/mol. The topological polar surface area (TPSA) is 4.93 Å². The third-order valence-electron chi connectivity index (χ3n) is 11.2. The lowest BCUT2D eigenvalue weighted by Crippen LogP contribution is -2.03. The summed E-state index contributed by atoms with van der Waals surface area (Å²) in [6.45, 7) is 6.58. The summed E-state index contributed by atoms with van der Waals surface area (Å²) in [5.41, 5.74) is 12.0. The van der Waals surface area contributed by atoms with Crippen LogP contribution in [-0.4, -0.2) is 4.57 Å². The first-order valence-electron chi connectivity index (χ1n) is 18.6. The second-order valence-electron chi connectivity index (χ2n) is 14.1. The average molecular weight is 688 g/mol. The summed E-state index contributed by atoms with van der Waals surface area (Å²) < 4.78 is 2.44. The molecule has 1 aromatic heterocycles. The standard InChI is InChI=1S/C53H37N/c1-3-17-48(53-35(2)39-24-11-12-33-51(39)54(53)38-22-5-4-6-23-38)52-46-31-15-29-44(42-27-13-20-36-18-7-9-25-40(36)42)49(46)34-50-45(30-16-32-47(50)52)43-28-14-21-37-19-8-10-26-41(37)43/h3-34H,1H2,2H3/b48-17-. The van der Waals surface area contributed by atoms with Gasteiger partial charge in [0, 0.05) is 16.6 Å². The number of hydrogen-bond donors (Lipinski definition) is 0. The van der Waals surface area contributed by atoms with E-state index in [9.17, 15) is 0 Å². The average Bonchev–Trinajstić information content (AvgIpc) is 3.53. The molecule has 0 unspecified atom stereocenters. The number of fused-ring (bicyclic) bond motifs is 5. The van der Waals surface area contributed by atoms with Crippen LogP contribution in [0.2, 0.25) is 0 Å². The number of rotatable bonds is 6. The monoisotopic (exact) mass is 687 g/mol. The molecule has 0 aliphatic rings. The van der Waals surface area contributed by atoms with Gasteiger partial charge in [-0.25, -0.2) is 0 Å². The van der Waals surface area contributed by atoms with E-state index in [0.717, 1.165) is 11.3 Å².